The van der Waals surface area contributed by atoms with E-state index in [9.17, 15) is 4.39 Å². The number of benzene rings is 2. The van der Waals surface area contributed by atoms with E-state index in [2.05, 4.69) is 36.5 Å². The number of hydrogen-bond donors (Lipinski definition) is 2. The predicted molar refractivity (Wildman–Crippen MR) is 91.3 cm³/mol. The van der Waals surface area contributed by atoms with Crippen LogP contribution in [0.25, 0.3) is 10.9 Å². The number of aromatic nitrogens is 2. The van der Waals surface area contributed by atoms with Gasteiger partial charge in [0.25, 0.3) is 0 Å². The molecular weight excluding hydrogens is 367 g/mol. The first-order valence-corrected chi connectivity index (χ1v) is 8.36. The molecular formula is C15H10BrFN4S. The van der Waals surface area contributed by atoms with Gasteiger partial charge in [0.15, 0.2) is 0 Å². The van der Waals surface area contributed by atoms with Gasteiger partial charge in [0, 0.05) is 20.7 Å². The van der Waals surface area contributed by atoms with E-state index in [4.69, 9.17) is 0 Å². The number of halogens is 2. The highest BCUT2D eigenvalue weighted by Crippen LogP contribution is 2.36. The average Bonchev–Trinajstić information content (AvgIpc) is 2.94. The molecule has 2 heterocycles. The van der Waals surface area contributed by atoms with Crippen LogP contribution in [0.4, 0.5) is 21.6 Å². The first-order chi connectivity index (χ1) is 10.7. The van der Waals surface area contributed by atoms with Gasteiger partial charge in [-0.15, -0.1) is 11.8 Å². The van der Waals surface area contributed by atoms with Gasteiger partial charge in [-0.2, -0.15) is 0 Å². The van der Waals surface area contributed by atoms with Crippen LogP contribution in [0.5, 0.6) is 0 Å². The molecule has 0 unspecified atom stereocenters. The van der Waals surface area contributed by atoms with Crippen molar-refractivity contribution in [3.05, 3.63) is 46.9 Å². The quantitative estimate of drug-likeness (QED) is 0.675. The van der Waals surface area contributed by atoms with Crippen LogP contribution in [0.2, 0.25) is 0 Å². The maximum atomic E-state index is 14.3. The summed E-state index contributed by atoms with van der Waals surface area (Å²) in [5.41, 5.74) is 2.55. The second kappa shape index (κ2) is 5.40. The Morgan fingerprint density at radius 1 is 1.23 bits per heavy atom. The fourth-order valence-electron chi connectivity index (χ4n) is 2.40. The van der Waals surface area contributed by atoms with Crippen LogP contribution < -0.4 is 10.6 Å². The molecule has 0 saturated carbocycles. The molecule has 0 amide bonds. The van der Waals surface area contributed by atoms with Crippen molar-refractivity contribution in [2.24, 2.45) is 0 Å². The standard InChI is InChI=1S/C15H10BrFN4S/c16-8-3-10(17)14-12(4-8)18-6-19-15(14)21-9-1-2-11-13(5-9)22-7-20-11/h1-6,20H,7H2,(H,18,19,21). The van der Waals surface area contributed by atoms with E-state index in [1.807, 2.05) is 18.2 Å². The Morgan fingerprint density at radius 3 is 3.05 bits per heavy atom. The van der Waals surface area contributed by atoms with Crippen LogP contribution in [0.3, 0.4) is 0 Å². The zero-order valence-corrected chi connectivity index (χ0v) is 13.6. The van der Waals surface area contributed by atoms with Gasteiger partial charge in [-0.25, -0.2) is 14.4 Å². The molecule has 0 aliphatic carbocycles. The normalized spacial score (nSPS) is 13.0. The Labute approximate surface area is 138 Å². The lowest BCUT2D eigenvalue weighted by molar-refractivity contribution is 0.638. The molecule has 0 fully saturated rings. The van der Waals surface area contributed by atoms with Crippen molar-refractivity contribution in [2.75, 3.05) is 16.5 Å². The number of nitrogens with zero attached hydrogens (tertiary/aromatic N) is 2. The third-order valence-electron chi connectivity index (χ3n) is 3.39. The molecule has 2 aromatic carbocycles. The van der Waals surface area contributed by atoms with E-state index >= 15 is 0 Å². The molecule has 0 bridgehead atoms. The third-order valence-corrected chi connectivity index (χ3v) is 4.78. The van der Waals surface area contributed by atoms with Gasteiger partial charge in [-0.1, -0.05) is 15.9 Å². The summed E-state index contributed by atoms with van der Waals surface area (Å²) in [6, 6.07) is 9.17. The van der Waals surface area contributed by atoms with Crippen molar-refractivity contribution in [1.29, 1.82) is 0 Å². The molecule has 3 aromatic rings. The van der Waals surface area contributed by atoms with Crippen LogP contribution in [-0.4, -0.2) is 15.8 Å². The maximum absolute atomic E-state index is 14.3. The number of thioether (sulfide) groups is 1. The van der Waals surface area contributed by atoms with E-state index in [0.29, 0.717) is 21.2 Å². The summed E-state index contributed by atoms with van der Waals surface area (Å²) in [6.45, 7) is 0. The van der Waals surface area contributed by atoms with E-state index in [1.165, 1.54) is 17.3 Å². The lowest BCUT2D eigenvalue weighted by Crippen LogP contribution is -1.98. The van der Waals surface area contributed by atoms with Crippen molar-refractivity contribution in [1.82, 2.24) is 9.97 Å². The van der Waals surface area contributed by atoms with Gasteiger partial charge in [-0.3, -0.25) is 0 Å². The fraction of sp³-hybridized carbons (Fsp3) is 0.0667. The van der Waals surface area contributed by atoms with E-state index in [0.717, 1.165) is 17.3 Å². The summed E-state index contributed by atoms with van der Waals surface area (Å²) in [7, 11) is 0. The molecule has 2 N–H and O–H groups in total. The molecule has 1 aliphatic rings. The van der Waals surface area contributed by atoms with Gasteiger partial charge < -0.3 is 10.6 Å². The highest BCUT2D eigenvalue weighted by atomic mass is 79.9. The SMILES string of the molecule is Fc1cc(Br)cc2ncnc(Nc3ccc4c(c3)SCN4)c12. The van der Waals surface area contributed by atoms with Crippen molar-refractivity contribution >= 4 is 55.8 Å². The molecule has 0 spiro atoms. The molecule has 7 heteroatoms. The van der Waals surface area contributed by atoms with Gasteiger partial charge in [0.05, 0.1) is 16.8 Å². The minimum Gasteiger partial charge on any atom is -0.375 e. The molecule has 0 atom stereocenters. The summed E-state index contributed by atoms with van der Waals surface area (Å²) in [4.78, 5) is 9.49. The number of fused-ring (bicyclic) bond motifs is 2. The van der Waals surface area contributed by atoms with Crippen LogP contribution in [0.15, 0.2) is 46.0 Å². The van der Waals surface area contributed by atoms with Crippen LogP contribution in [0.1, 0.15) is 0 Å². The second-order valence-corrected chi connectivity index (χ2v) is 6.74. The summed E-state index contributed by atoms with van der Waals surface area (Å²) in [5.74, 6) is 0.980. The minimum atomic E-state index is -0.357. The van der Waals surface area contributed by atoms with Gasteiger partial charge in [0.2, 0.25) is 0 Å². The van der Waals surface area contributed by atoms with Crippen molar-refractivity contribution < 1.29 is 4.39 Å². The van der Waals surface area contributed by atoms with E-state index < -0.39 is 0 Å². The minimum absolute atomic E-state index is 0.357. The largest absolute Gasteiger partial charge is 0.375 e. The Balaban J connectivity index is 1.78. The summed E-state index contributed by atoms with van der Waals surface area (Å²) >= 11 is 5.02. The number of hydrogen-bond acceptors (Lipinski definition) is 5. The maximum Gasteiger partial charge on any atom is 0.144 e. The first kappa shape index (κ1) is 13.8. The van der Waals surface area contributed by atoms with Gasteiger partial charge in [-0.05, 0) is 30.3 Å². The van der Waals surface area contributed by atoms with Crippen molar-refractivity contribution in [3.63, 3.8) is 0 Å². The third kappa shape index (κ3) is 2.40. The first-order valence-electron chi connectivity index (χ1n) is 6.58. The smallest absolute Gasteiger partial charge is 0.144 e. The number of rotatable bonds is 2. The molecule has 0 saturated heterocycles. The molecule has 4 rings (SSSR count). The van der Waals surface area contributed by atoms with E-state index in [1.54, 1.807) is 17.8 Å². The Bertz CT molecular complexity index is 887. The van der Waals surface area contributed by atoms with E-state index in [-0.39, 0.29) is 5.82 Å². The monoisotopic (exact) mass is 376 g/mol. The molecule has 0 radical (unpaired) electrons. The summed E-state index contributed by atoms with van der Waals surface area (Å²) < 4.78 is 14.9. The topological polar surface area (TPSA) is 49.8 Å². The highest BCUT2D eigenvalue weighted by molar-refractivity contribution is 9.10. The predicted octanol–water partition coefficient (Wildman–Crippen LogP) is 4.75. The Kier molecular flexibility index (Phi) is 3.38. The lowest BCUT2D eigenvalue weighted by atomic mass is 10.2. The van der Waals surface area contributed by atoms with Gasteiger partial charge >= 0.3 is 0 Å². The van der Waals surface area contributed by atoms with Gasteiger partial charge in [0.1, 0.15) is 18.0 Å². The van der Waals surface area contributed by atoms with Crippen LogP contribution >= 0.6 is 27.7 Å². The average molecular weight is 377 g/mol. The van der Waals surface area contributed by atoms with Crippen molar-refractivity contribution in [2.45, 2.75) is 4.90 Å². The fourth-order valence-corrected chi connectivity index (χ4v) is 3.71. The highest BCUT2D eigenvalue weighted by Gasteiger charge is 2.13. The molecule has 110 valence electrons. The Morgan fingerprint density at radius 2 is 2.14 bits per heavy atom. The van der Waals surface area contributed by atoms with Crippen molar-refractivity contribution in [3.8, 4) is 0 Å². The summed E-state index contributed by atoms with van der Waals surface area (Å²) in [5, 5.41) is 6.86. The Hall–Kier alpha value is -1.86. The molecule has 1 aliphatic heterocycles. The lowest BCUT2D eigenvalue weighted by Gasteiger charge is -2.10. The second-order valence-electron chi connectivity index (χ2n) is 4.81. The zero-order chi connectivity index (χ0) is 15.1. The van der Waals surface area contributed by atoms with Crippen LogP contribution in [0, 0.1) is 5.82 Å². The molecule has 4 nitrogen and oxygen atoms in total. The van der Waals surface area contributed by atoms with Crippen LogP contribution in [-0.2, 0) is 0 Å². The molecule has 22 heavy (non-hydrogen) atoms. The summed E-state index contributed by atoms with van der Waals surface area (Å²) in [6.07, 6.45) is 1.43. The molecule has 1 aromatic heterocycles. The number of anilines is 3. The zero-order valence-electron chi connectivity index (χ0n) is 11.2. The number of nitrogens with one attached hydrogen (secondary N) is 2.